The first-order chi connectivity index (χ1) is 8.56. The number of phenolic OH excluding ortho intramolecular Hbond substituents is 2. The maximum absolute atomic E-state index is 12.7. The fourth-order valence-corrected chi connectivity index (χ4v) is 1.63. The van der Waals surface area contributed by atoms with E-state index in [4.69, 9.17) is 0 Å². The summed E-state index contributed by atoms with van der Waals surface area (Å²) in [6.07, 6.45) is 0.0390. The maximum atomic E-state index is 12.7. The minimum atomic E-state index is -0.369. The second-order valence-electron chi connectivity index (χ2n) is 3.93. The summed E-state index contributed by atoms with van der Waals surface area (Å²) in [5.74, 6) is -0.975. The lowest BCUT2D eigenvalue weighted by Crippen LogP contribution is -2.03. The number of rotatable bonds is 3. The average molecular weight is 246 g/mol. The van der Waals surface area contributed by atoms with E-state index in [1.54, 1.807) is 0 Å². The molecule has 0 heterocycles. The third-order valence-corrected chi connectivity index (χ3v) is 2.56. The summed E-state index contributed by atoms with van der Waals surface area (Å²) in [7, 11) is 0. The van der Waals surface area contributed by atoms with Gasteiger partial charge in [0.2, 0.25) is 0 Å². The second-order valence-corrected chi connectivity index (χ2v) is 3.93. The van der Waals surface area contributed by atoms with Crippen LogP contribution in [0.25, 0.3) is 0 Å². The van der Waals surface area contributed by atoms with Gasteiger partial charge >= 0.3 is 0 Å². The largest absolute Gasteiger partial charge is 0.508 e. The Kier molecular flexibility index (Phi) is 3.28. The van der Waals surface area contributed by atoms with Crippen molar-refractivity contribution >= 4 is 5.78 Å². The Bertz CT molecular complexity index is 576. The van der Waals surface area contributed by atoms with Gasteiger partial charge in [-0.05, 0) is 35.9 Å². The monoisotopic (exact) mass is 246 g/mol. The summed E-state index contributed by atoms with van der Waals surface area (Å²) in [5, 5.41) is 18.8. The van der Waals surface area contributed by atoms with Gasteiger partial charge in [0.1, 0.15) is 17.3 Å². The highest BCUT2D eigenvalue weighted by atomic mass is 19.1. The van der Waals surface area contributed by atoms with Gasteiger partial charge in [-0.1, -0.05) is 12.1 Å². The van der Waals surface area contributed by atoms with Crippen molar-refractivity contribution in [2.45, 2.75) is 6.42 Å². The number of ketones is 1. The molecule has 0 aliphatic rings. The molecule has 2 rings (SSSR count). The predicted octanol–water partition coefficient (Wildman–Crippen LogP) is 2.66. The van der Waals surface area contributed by atoms with Gasteiger partial charge in [0.05, 0.1) is 5.56 Å². The van der Waals surface area contributed by atoms with Crippen LogP contribution in [0.1, 0.15) is 15.9 Å². The molecule has 0 aliphatic carbocycles. The lowest BCUT2D eigenvalue weighted by atomic mass is 10.0. The van der Waals surface area contributed by atoms with Crippen LogP contribution in [0.5, 0.6) is 11.5 Å². The molecule has 0 bridgehead atoms. The normalized spacial score (nSPS) is 10.3. The topological polar surface area (TPSA) is 57.5 Å². The molecule has 4 heteroatoms. The van der Waals surface area contributed by atoms with Crippen molar-refractivity contribution in [3.63, 3.8) is 0 Å². The molecule has 0 amide bonds. The van der Waals surface area contributed by atoms with Crippen LogP contribution < -0.4 is 0 Å². The lowest BCUT2D eigenvalue weighted by Gasteiger charge is -2.04. The molecular weight excluding hydrogens is 235 g/mol. The first-order valence-electron chi connectivity index (χ1n) is 5.36. The molecule has 0 aliphatic heterocycles. The third-order valence-electron chi connectivity index (χ3n) is 2.56. The van der Waals surface area contributed by atoms with E-state index < -0.39 is 0 Å². The van der Waals surface area contributed by atoms with Crippen molar-refractivity contribution in [1.29, 1.82) is 0 Å². The minimum Gasteiger partial charge on any atom is -0.508 e. The summed E-state index contributed by atoms with van der Waals surface area (Å²) in [4.78, 5) is 11.9. The van der Waals surface area contributed by atoms with Gasteiger partial charge in [-0.2, -0.15) is 0 Å². The highest BCUT2D eigenvalue weighted by Crippen LogP contribution is 2.23. The van der Waals surface area contributed by atoms with Crippen molar-refractivity contribution < 1.29 is 19.4 Å². The van der Waals surface area contributed by atoms with E-state index in [0.29, 0.717) is 5.56 Å². The van der Waals surface area contributed by atoms with E-state index in [-0.39, 0.29) is 35.1 Å². The summed E-state index contributed by atoms with van der Waals surface area (Å²) in [6.45, 7) is 0. The minimum absolute atomic E-state index is 0.0390. The van der Waals surface area contributed by atoms with Gasteiger partial charge in [0, 0.05) is 6.42 Å². The van der Waals surface area contributed by atoms with Crippen molar-refractivity contribution in [3.8, 4) is 11.5 Å². The number of benzene rings is 2. The number of carbonyl (C=O) groups is 1. The van der Waals surface area contributed by atoms with Crippen LogP contribution in [0.15, 0.2) is 42.5 Å². The molecule has 3 nitrogen and oxygen atoms in total. The highest BCUT2D eigenvalue weighted by Gasteiger charge is 2.12. The molecule has 0 saturated heterocycles. The van der Waals surface area contributed by atoms with Crippen LogP contribution in [0.3, 0.4) is 0 Å². The molecule has 18 heavy (non-hydrogen) atoms. The Morgan fingerprint density at radius 2 is 1.72 bits per heavy atom. The summed E-state index contributed by atoms with van der Waals surface area (Å²) in [5.41, 5.74) is 0.698. The maximum Gasteiger partial charge on any atom is 0.171 e. The zero-order valence-electron chi connectivity index (χ0n) is 9.43. The smallest absolute Gasteiger partial charge is 0.171 e. The Morgan fingerprint density at radius 1 is 1.06 bits per heavy atom. The zero-order chi connectivity index (χ0) is 13.1. The summed E-state index contributed by atoms with van der Waals surface area (Å²) < 4.78 is 12.7. The molecule has 2 aromatic carbocycles. The second kappa shape index (κ2) is 4.87. The quantitative estimate of drug-likeness (QED) is 0.646. The number of phenols is 2. The molecule has 0 aromatic heterocycles. The van der Waals surface area contributed by atoms with E-state index in [0.717, 1.165) is 0 Å². The van der Waals surface area contributed by atoms with Crippen molar-refractivity contribution in [2.75, 3.05) is 0 Å². The van der Waals surface area contributed by atoms with Gasteiger partial charge in [-0.3, -0.25) is 4.79 Å². The van der Waals surface area contributed by atoms with Crippen molar-refractivity contribution in [2.24, 2.45) is 0 Å². The van der Waals surface area contributed by atoms with Crippen LogP contribution in [0, 0.1) is 5.82 Å². The number of carbonyl (C=O) groups excluding carboxylic acids is 1. The van der Waals surface area contributed by atoms with E-state index in [9.17, 15) is 19.4 Å². The van der Waals surface area contributed by atoms with E-state index in [1.807, 2.05) is 0 Å². The fourth-order valence-electron chi connectivity index (χ4n) is 1.63. The Labute approximate surface area is 103 Å². The molecule has 2 N–H and O–H groups in total. The van der Waals surface area contributed by atoms with Gasteiger partial charge < -0.3 is 10.2 Å². The first kappa shape index (κ1) is 12.1. The molecule has 0 saturated carbocycles. The zero-order valence-corrected chi connectivity index (χ0v) is 9.43. The molecule has 0 atom stereocenters. The molecule has 92 valence electrons. The molecule has 0 unspecified atom stereocenters. The van der Waals surface area contributed by atoms with Gasteiger partial charge in [-0.15, -0.1) is 0 Å². The molecule has 0 fully saturated rings. The van der Waals surface area contributed by atoms with Gasteiger partial charge in [0.15, 0.2) is 5.78 Å². The number of hydrogen-bond donors (Lipinski definition) is 2. The predicted molar refractivity (Wildman–Crippen MR) is 64.2 cm³/mol. The number of aromatic hydroxyl groups is 2. The Hall–Kier alpha value is -2.36. The Morgan fingerprint density at radius 3 is 2.39 bits per heavy atom. The Balaban J connectivity index is 2.21. The lowest BCUT2D eigenvalue weighted by molar-refractivity contribution is 0.0990. The van der Waals surface area contributed by atoms with Crippen LogP contribution in [-0.2, 0) is 6.42 Å². The number of halogens is 1. The summed E-state index contributed by atoms with van der Waals surface area (Å²) >= 11 is 0. The molecule has 0 spiro atoms. The molecule has 0 radical (unpaired) electrons. The molecular formula is C14H11FO3. The van der Waals surface area contributed by atoms with Crippen LogP contribution in [0.2, 0.25) is 0 Å². The van der Waals surface area contributed by atoms with Crippen LogP contribution in [-0.4, -0.2) is 16.0 Å². The van der Waals surface area contributed by atoms with Crippen LogP contribution >= 0.6 is 0 Å². The summed E-state index contributed by atoms with van der Waals surface area (Å²) in [6, 6.07) is 9.31. The number of Topliss-reactive ketones (excluding diaryl/α,β-unsaturated/α-hetero) is 1. The van der Waals surface area contributed by atoms with Crippen LogP contribution in [0.4, 0.5) is 4.39 Å². The van der Waals surface area contributed by atoms with E-state index in [2.05, 4.69) is 0 Å². The number of hydrogen-bond acceptors (Lipinski definition) is 3. The van der Waals surface area contributed by atoms with Gasteiger partial charge in [0.25, 0.3) is 0 Å². The third kappa shape index (κ3) is 2.66. The molecule has 2 aromatic rings. The van der Waals surface area contributed by atoms with Crippen molar-refractivity contribution in [1.82, 2.24) is 0 Å². The average Bonchev–Trinajstić information content (AvgIpc) is 2.35. The fraction of sp³-hybridized carbons (Fsp3) is 0.0714. The first-order valence-corrected chi connectivity index (χ1v) is 5.36. The SMILES string of the molecule is O=C(Cc1ccc(F)cc1)c1cc(O)ccc1O. The van der Waals surface area contributed by atoms with Gasteiger partial charge in [-0.25, -0.2) is 4.39 Å². The highest BCUT2D eigenvalue weighted by molar-refractivity contribution is 6.00. The van der Waals surface area contributed by atoms with Crippen molar-refractivity contribution in [3.05, 3.63) is 59.4 Å². The standard InChI is InChI=1S/C14H11FO3/c15-10-3-1-9(2-4-10)7-14(18)12-8-11(16)5-6-13(12)17/h1-6,8,16-17H,7H2. The van der Waals surface area contributed by atoms with E-state index in [1.165, 1.54) is 42.5 Å². The van der Waals surface area contributed by atoms with E-state index >= 15 is 0 Å².